The lowest BCUT2D eigenvalue weighted by Crippen LogP contribution is -2.33. The van der Waals surface area contributed by atoms with Crippen LogP contribution in [-0.4, -0.2) is 32.9 Å². The number of aryl methyl sites for hydroxylation is 1. The van der Waals surface area contributed by atoms with E-state index in [1.54, 1.807) is 20.8 Å². The first-order valence-corrected chi connectivity index (χ1v) is 6.58. The molecule has 1 atom stereocenters. The molecule has 1 N–H and O–H groups in total. The number of aromatic nitrogens is 2. The highest BCUT2D eigenvalue weighted by Gasteiger charge is 2.23. The molecule has 0 saturated carbocycles. The maximum atomic E-state index is 11.7. The van der Waals surface area contributed by atoms with Gasteiger partial charge in [0.25, 0.3) is 0 Å². The van der Waals surface area contributed by atoms with Gasteiger partial charge in [0.1, 0.15) is 11.4 Å². The zero-order chi connectivity index (χ0) is 14.6. The van der Waals surface area contributed by atoms with Crippen molar-refractivity contribution in [3.63, 3.8) is 0 Å². The largest absolute Gasteiger partial charge is 0.355 e. The van der Waals surface area contributed by atoms with E-state index in [1.165, 1.54) is 4.68 Å². The quantitative estimate of drug-likeness (QED) is 0.465. The summed E-state index contributed by atoms with van der Waals surface area (Å²) in [5.41, 5.74) is 0.852. The van der Waals surface area contributed by atoms with Crippen LogP contribution in [0.3, 0.4) is 0 Å². The number of amides is 1. The van der Waals surface area contributed by atoms with Crippen LogP contribution in [0, 0.1) is 29.9 Å². The third-order valence-corrected chi connectivity index (χ3v) is 3.05. The second kappa shape index (κ2) is 6.55. The Hall–Kier alpha value is -1.57. The summed E-state index contributed by atoms with van der Waals surface area (Å²) in [4.78, 5) is 22.2. The van der Waals surface area contributed by atoms with E-state index in [9.17, 15) is 14.9 Å². The molecular weight excluding hydrogens is 268 g/mol. The van der Waals surface area contributed by atoms with Gasteiger partial charge in [-0.05, 0) is 13.8 Å². The Balaban J connectivity index is 2.80. The van der Waals surface area contributed by atoms with E-state index in [0.717, 1.165) is 0 Å². The molecule has 0 radical (unpaired) electrons. The molecule has 1 amide bonds. The van der Waals surface area contributed by atoms with Gasteiger partial charge in [-0.2, -0.15) is 17.7 Å². The smallest absolute Gasteiger partial charge is 0.312 e. The second-order valence-corrected chi connectivity index (χ2v) is 4.82. The molecule has 0 aliphatic carbocycles. The lowest BCUT2D eigenvalue weighted by atomic mass is 10.1. The van der Waals surface area contributed by atoms with Crippen molar-refractivity contribution in [1.29, 1.82) is 0 Å². The summed E-state index contributed by atoms with van der Waals surface area (Å²) in [5.74, 6) is 0.158. The predicted octanol–water partition coefficient (Wildman–Crippen LogP) is 1.09. The van der Waals surface area contributed by atoms with Gasteiger partial charge in [-0.15, -0.1) is 0 Å². The van der Waals surface area contributed by atoms with Gasteiger partial charge < -0.3 is 5.32 Å². The first kappa shape index (κ1) is 15.5. The third kappa shape index (κ3) is 3.69. The van der Waals surface area contributed by atoms with Crippen molar-refractivity contribution in [2.45, 2.75) is 27.3 Å². The van der Waals surface area contributed by atoms with Crippen molar-refractivity contribution < 1.29 is 9.72 Å². The van der Waals surface area contributed by atoms with Crippen molar-refractivity contribution >= 4 is 24.2 Å². The highest BCUT2D eigenvalue weighted by atomic mass is 32.1. The molecule has 0 aliphatic rings. The monoisotopic (exact) mass is 286 g/mol. The SMILES string of the molecule is Cc1nn(CC(C)C(=O)NCCS)c(C)c1[N+](=O)[O-]. The van der Waals surface area contributed by atoms with Crippen molar-refractivity contribution in [3.05, 3.63) is 21.5 Å². The second-order valence-electron chi connectivity index (χ2n) is 4.37. The molecule has 1 heterocycles. The summed E-state index contributed by atoms with van der Waals surface area (Å²) in [5, 5.41) is 17.7. The maximum Gasteiger partial charge on any atom is 0.312 e. The molecule has 0 aromatic carbocycles. The number of carbonyl (C=O) groups is 1. The molecule has 1 aromatic heterocycles. The summed E-state index contributed by atoms with van der Waals surface area (Å²) >= 11 is 4.01. The van der Waals surface area contributed by atoms with Gasteiger partial charge in [-0.3, -0.25) is 19.6 Å². The molecule has 0 spiro atoms. The van der Waals surface area contributed by atoms with Crippen LogP contribution in [0.1, 0.15) is 18.3 Å². The lowest BCUT2D eigenvalue weighted by Gasteiger charge is -2.12. The van der Waals surface area contributed by atoms with Gasteiger partial charge in [0, 0.05) is 12.3 Å². The molecule has 0 saturated heterocycles. The highest BCUT2D eigenvalue weighted by Crippen LogP contribution is 2.22. The van der Waals surface area contributed by atoms with Gasteiger partial charge in [0.15, 0.2) is 0 Å². The fourth-order valence-corrected chi connectivity index (χ4v) is 1.94. The van der Waals surface area contributed by atoms with E-state index in [-0.39, 0.29) is 17.5 Å². The van der Waals surface area contributed by atoms with Crippen LogP contribution in [0.15, 0.2) is 0 Å². The Kier molecular flexibility index (Phi) is 5.34. The first-order chi connectivity index (χ1) is 8.88. The minimum Gasteiger partial charge on any atom is -0.355 e. The number of hydrogen-bond donors (Lipinski definition) is 2. The molecular formula is C11H18N4O3S. The maximum absolute atomic E-state index is 11.7. The van der Waals surface area contributed by atoms with E-state index in [4.69, 9.17) is 0 Å². The fraction of sp³-hybridized carbons (Fsp3) is 0.636. The fourth-order valence-electron chi connectivity index (χ4n) is 1.83. The number of thiol groups is 1. The Morgan fingerprint density at radius 1 is 1.58 bits per heavy atom. The molecule has 7 nitrogen and oxygen atoms in total. The van der Waals surface area contributed by atoms with Crippen LogP contribution in [0.2, 0.25) is 0 Å². The predicted molar refractivity (Wildman–Crippen MR) is 74.4 cm³/mol. The summed E-state index contributed by atoms with van der Waals surface area (Å²) in [6, 6.07) is 0. The molecule has 8 heteroatoms. The molecule has 0 aliphatic heterocycles. The van der Waals surface area contributed by atoms with E-state index in [1.807, 2.05) is 0 Å². The number of nitrogens with one attached hydrogen (secondary N) is 1. The lowest BCUT2D eigenvalue weighted by molar-refractivity contribution is -0.386. The number of carbonyl (C=O) groups excluding carboxylic acids is 1. The van der Waals surface area contributed by atoms with E-state index >= 15 is 0 Å². The van der Waals surface area contributed by atoms with E-state index < -0.39 is 4.92 Å². The molecule has 19 heavy (non-hydrogen) atoms. The van der Waals surface area contributed by atoms with Gasteiger partial charge in [-0.25, -0.2) is 0 Å². The number of rotatable bonds is 6. The summed E-state index contributed by atoms with van der Waals surface area (Å²) < 4.78 is 1.51. The average molecular weight is 286 g/mol. The zero-order valence-electron chi connectivity index (χ0n) is 11.2. The highest BCUT2D eigenvalue weighted by molar-refractivity contribution is 7.80. The number of hydrogen-bond acceptors (Lipinski definition) is 5. The van der Waals surface area contributed by atoms with Crippen LogP contribution in [-0.2, 0) is 11.3 Å². The summed E-state index contributed by atoms with van der Waals surface area (Å²) in [6.45, 7) is 5.81. The summed E-state index contributed by atoms with van der Waals surface area (Å²) in [6.07, 6.45) is 0. The van der Waals surface area contributed by atoms with Gasteiger partial charge in [0.2, 0.25) is 5.91 Å². The normalized spacial score (nSPS) is 12.2. The van der Waals surface area contributed by atoms with Crippen molar-refractivity contribution in [2.24, 2.45) is 5.92 Å². The molecule has 0 bridgehead atoms. The third-order valence-electron chi connectivity index (χ3n) is 2.83. The zero-order valence-corrected chi connectivity index (χ0v) is 12.1. The van der Waals surface area contributed by atoms with Gasteiger partial charge >= 0.3 is 5.69 Å². The van der Waals surface area contributed by atoms with Crippen LogP contribution in [0.25, 0.3) is 0 Å². The Morgan fingerprint density at radius 3 is 2.68 bits per heavy atom. The van der Waals surface area contributed by atoms with Crippen LogP contribution in [0.5, 0.6) is 0 Å². The van der Waals surface area contributed by atoms with Crippen LogP contribution >= 0.6 is 12.6 Å². The Bertz CT molecular complexity index is 487. The molecule has 1 aromatic rings. The summed E-state index contributed by atoms with van der Waals surface area (Å²) in [7, 11) is 0. The molecule has 0 fully saturated rings. The van der Waals surface area contributed by atoms with Crippen LogP contribution < -0.4 is 5.32 Å². The minimum atomic E-state index is -0.445. The van der Waals surface area contributed by atoms with Crippen LogP contribution in [0.4, 0.5) is 5.69 Å². The topological polar surface area (TPSA) is 90.1 Å². The van der Waals surface area contributed by atoms with Gasteiger partial charge in [0.05, 0.1) is 17.4 Å². The average Bonchev–Trinajstić information content (AvgIpc) is 2.61. The van der Waals surface area contributed by atoms with E-state index in [2.05, 4.69) is 23.0 Å². The molecule has 1 rings (SSSR count). The van der Waals surface area contributed by atoms with Crippen molar-refractivity contribution in [2.75, 3.05) is 12.3 Å². The Labute approximate surface area is 116 Å². The minimum absolute atomic E-state index is 0.0166. The first-order valence-electron chi connectivity index (χ1n) is 5.95. The molecule has 1 unspecified atom stereocenters. The van der Waals surface area contributed by atoms with Gasteiger partial charge in [-0.1, -0.05) is 6.92 Å². The standard InChI is InChI=1S/C11H18N4O3S/c1-7(11(16)12-4-5-19)6-14-9(3)10(15(17)18)8(2)13-14/h7,19H,4-6H2,1-3H3,(H,12,16). The number of nitrogens with zero attached hydrogens (tertiary/aromatic N) is 3. The Morgan fingerprint density at radius 2 is 2.21 bits per heavy atom. The number of nitro groups is 1. The molecule has 106 valence electrons. The van der Waals surface area contributed by atoms with Crippen molar-refractivity contribution in [1.82, 2.24) is 15.1 Å². The van der Waals surface area contributed by atoms with Crippen molar-refractivity contribution in [3.8, 4) is 0 Å². The van der Waals surface area contributed by atoms with E-state index in [0.29, 0.717) is 30.2 Å².